The molecule has 0 aliphatic rings. The second kappa shape index (κ2) is 5.56. The lowest BCUT2D eigenvalue weighted by molar-refractivity contribution is 0.355. The molecule has 2 aromatic rings. The number of aromatic nitrogens is 2. The lowest BCUT2D eigenvalue weighted by Gasteiger charge is -2.12. The highest BCUT2D eigenvalue weighted by atomic mass is 16.5. The number of ether oxygens (including phenoxy) is 3. The van der Waals surface area contributed by atoms with E-state index in [0.717, 1.165) is 16.8 Å². The van der Waals surface area contributed by atoms with Crippen LogP contribution in [-0.4, -0.2) is 31.3 Å². The zero-order valence-electron chi connectivity index (χ0n) is 11.4. The zero-order chi connectivity index (χ0) is 13.8. The first kappa shape index (κ1) is 13.1. The minimum absolute atomic E-state index is 0.541. The van der Waals surface area contributed by atoms with E-state index in [0.29, 0.717) is 17.4 Å². The summed E-state index contributed by atoms with van der Waals surface area (Å²) in [7, 11) is 4.80. The molecule has 100 valence electrons. The Hall–Kier alpha value is -2.30. The van der Waals surface area contributed by atoms with Gasteiger partial charge in [-0.05, 0) is 24.6 Å². The Morgan fingerprint density at radius 3 is 2.26 bits per heavy atom. The lowest BCUT2D eigenvalue weighted by atomic mass is 10.0. The highest BCUT2D eigenvalue weighted by molar-refractivity contribution is 5.73. The van der Waals surface area contributed by atoms with E-state index in [4.69, 9.17) is 14.2 Å². The molecule has 0 atom stereocenters. The summed E-state index contributed by atoms with van der Waals surface area (Å²) in [4.78, 5) is 8.33. The first-order valence-corrected chi connectivity index (χ1v) is 5.79. The summed E-state index contributed by atoms with van der Waals surface area (Å²) in [6.07, 6.45) is 1.48. The van der Waals surface area contributed by atoms with Crippen LogP contribution in [0.15, 0.2) is 24.5 Å². The Balaban J connectivity index is 2.59. The van der Waals surface area contributed by atoms with Gasteiger partial charge in [0.05, 0.1) is 32.6 Å². The summed E-state index contributed by atoms with van der Waals surface area (Å²) in [6, 6.07) is 5.66. The minimum Gasteiger partial charge on any atom is -0.493 e. The molecule has 1 aromatic carbocycles. The van der Waals surface area contributed by atoms with Crippen molar-refractivity contribution in [1.82, 2.24) is 9.97 Å². The number of aryl methyl sites for hydroxylation is 1. The normalized spacial score (nSPS) is 10.1. The second-order valence-electron chi connectivity index (χ2n) is 3.91. The van der Waals surface area contributed by atoms with Gasteiger partial charge in [-0.1, -0.05) is 6.07 Å². The molecule has 0 aliphatic heterocycles. The van der Waals surface area contributed by atoms with Crippen molar-refractivity contribution in [1.29, 1.82) is 0 Å². The summed E-state index contributed by atoms with van der Waals surface area (Å²) in [6.45, 7) is 1.91. The summed E-state index contributed by atoms with van der Waals surface area (Å²) >= 11 is 0. The van der Waals surface area contributed by atoms with Gasteiger partial charge in [-0.3, -0.25) is 0 Å². The van der Waals surface area contributed by atoms with Crippen LogP contribution in [0.1, 0.15) is 5.69 Å². The van der Waals surface area contributed by atoms with Crippen LogP contribution >= 0.6 is 0 Å². The maximum Gasteiger partial charge on any atom is 0.224 e. The molecule has 5 heteroatoms. The number of methoxy groups -OCH3 is 3. The van der Waals surface area contributed by atoms with Gasteiger partial charge in [-0.25, -0.2) is 9.97 Å². The minimum atomic E-state index is 0.541. The number of hydrogen-bond acceptors (Lipinski definition) is 5. The van der Waals surface area contributed by atoms with Crippen molar-refractivity contribution in [3.05, 3.63) is 30.2 Å². The molecule has 19 heavy (non-hydrogen) atoms. The molecule has 0 saturated heterocycles. The van der Waals surface area contributed by atoms with Gasteiger partial charge in [0.2, 0.25) is 5.88 Å². The SMILES string of the molecule is COc1ccc(-c2c(C)ncnc2OC)cc1OC. The van der Waals surface area contributed by atoms with E-state index in [1.165, 1.54) is 6.33 Å². The summed E-state index contributed by atoms with van der Waals surface area (Å²) in [5.41, 5.74) is 2.62. The highest BCUT2D eigenvalue weighted by Gasteiger charge is 2.14. The van der Waals surface area contributed by atoms with E-state index in [-0.39, 0.29) is 0 Å². The van der Waals surface area contributed by atoms with Gasteiger partial charge < -0.3 is 14.2 Å². The first-order valence-electron chi connectivity index (χ1n) is 5.79. The fourth-order valence-corrected chi connectivity index (χ4v) is 1.93. The Morgan fingerprint density at radius 1 is 0.895 bits per heavy atom. The van der Waals surface area contributed by atoms with E-state index in [1.807, 2.05) is 25.1 Å². The number of rotatable bonds is 4. The van der Waals surface area contributed by atoms with E-state index in [2.05, 4.69) is 9.97 Å². The third-order valence-corrected chi connectivity index (χ3v) is 2.87. The van der Waals surface area contributed by atoms with Crippen LogP contribution in [0.2, 0.25) is 0 Å². The Morgan fingerprint density at radius 2 is 1.63 bits per heavy atom. The highest BCUT2D eigenvalue weighted by Crippen LogP contribution is 2.36. The van der Waals surface area contributed by atoms with E-state index < -0.39 is 0 Å². The van der Waals surface area contributed by atoms with Crippen LogP contribution in [-0.2, 0) is 0 Å². The van der Waals surface area contributed by atoms with Crippen molar-refractivity contribution in [2.75, 3.05) is 21.3 Å². The standard InChI is InChI=1S/C14H16N2O3/c1-9-13(14(19-4)16-8-15-9)10-5-6-11(17-2)12(7-10)18-3/h5-8H,1-4H3. The summed E-state index contributed by atoms with van der Waals surface area (Å²) in [5.74, 6) is 1.88. The van der Waals surface area contributed by atoms with Crippen LogP contribution in [0.4, 0.5) is 0 Å². The van der Waals surface area contributed by atoms with Gasteiger partial charge in [0.25, 0.3) is 0 Å². The molecule has 0 amide bonds. The quantitative estimate of drug-likeness (QED) is 0.845. The van der Waals surface area contributed by atoms with Gasteiger partial charge in [0, 0.05) is 0 Å². The fourth-order valence-electron chi connectivity index (χ4n) is 1.93. The topological polar surface area (TPSA) is 53.5 Å². The van der Waals surface area contributed by atoms with Gasteiger partial charge in [-0.2, -0.15) is 0 Å². The van der Waals surface area contributed by atoms with Crippen molar-refractivity contribution < 1.29 is 14.2 Å². The summed E-state index contributed by atoms with van der Waals surface area (Å²) in [5, 5.41) is 0. The molecule has 0 aliphatic carbocycles. The molecule has 2 rings (SSSR count). The van der Waals surface area contributed by atoms with Gasteiger partial charge in [0.1, 0.15) is 6.33 Å². The first-order chi connectivity index (χ1) is 9.21. The van der Waals surface area contributed by atoms with Crippen LogP contribution in [0, 0.1) is 6.92 Å². The van der Waals surface area contributed by atoms with E-state index >= 15 is 0 Å². The van der Waals surface area contributed by atoms with Crippen molar-refractivity contribution >= 4 is 0 Å². The Bertz CT molecular complexity index is 585. The van der Waals surface area contributed by atoms with E-state index in [1.54, 1.807) is 21.3 Å². The predicted octanol–water partition coefficient (Wildman–Crippen LogP) is 2.48. The molecule has 1 heterocycles. The molecule has 0 unspecified atom stereocenters. The molecule has 0 N–H and O–H groups in total. The Labute approximate surface area is 112 Å². The zero-order valence-corrected chi connectivity index (χ0v) is 11.4. The molecule has 5 nitrogen and oxygen atoms in total. The maximum atomic E-state index is 5.31. The molecule has 1 aromatic heterocycles. The third kappa shape index (κ3) is 2.45. The predicted molar refractivity (Wildman–Crippen MR) is 71.9 cm³/mol. The van der Waals surface area contributed by atoms with Gasteiger partial charge in [0.15, 0.2) is 11.5 Å². The molecule has 0 radical (unpaired) electrons. The number of hydrogen-bond donors (Lipinski definition) is 0. The molecule has 0 bridgehead atoms. The molecular formula is C14H16N2O3. The van der Waals surface area contributed by atoms with Crippen molar-refractivity contribution in [2.45, 2.75) is 6.92 Å². The molecule has 0 spiro atoms. The van der Waals surface area contributed by atoms with Crippen LogP contribution < -0.4 is 14.2 Å². The second-order valence-corrected chi connectivity index (χ2v) is 3.91. The Kier molecular flexibility index (Phi) is 3.85. The van der Waals surface area contributed by atoms with Gasteiger partial charge >= 0.3 is 0 Å². The average Bonchev–Trinajstić information content (AvgIpc) is 2.46. The van der Waals surface area contributed by atoms with Crippen molar-refractivity contribution in [3.8, 4) is 28.5 Å². The molecular weight excluding hydrogens is 244 g/mol. The maximum absolute atomic E-state index is 5.31. The number of nitrogens with zero attached hydrogens (tertiary/aromatic N) is 2. The fraction of sp³-hybridized carbons (Fsp3) is 0.286. The number of benzene rings is 1. The average molecular weight is 260 g/mol. The van der Waals surface area contributed by atoms with Crippen LogP contribution in [0.5, 0.6) is 17.4 Å². The smallest absolute Gasteiger partial charge is 0.224 e. The lowest BCUT2D eigenvalue weighted by Crippen LogP contribution is -1.97. The third-order valence-electron chi connectivity index (χ3n) is 2.87. The van der Waals surface area contributed by atoms with Crippen LogP contribution in [0.3, 0.4) is 0 Å². The van der Waals surface area contributed by atoms with Crippen LogP contribution in [0.25, 0.3) is 11.1 Å². The van der Waals surface area contributed by atoms with Gasteiger partial charge in [-0.15, -0.1) is 0 Å². The van der Waals surface area contributed by atoms with E-state index in [9.17, 15) is 0 Å². The molecule has 0 saturated carbocycles. The summed E-state index contributed by atoms with van der Waals surface area (Å²) < 4.78 is 15.8. The monoisotopic (exact) mass is 260 g/mol. The van der Waals surface area contributed by atoms with Crippen molar-refractivity contribution in [2.24, 2.45) is 0 Å². The molecule has 0 fully saturated rings. The largest absolute Gasteiger partial charge is 0.493 e. The van der Waals surface area contributed by atoms with Crippen molar-refractivity contribution in [3.63, 3.8) is 0 Å².